The number of carbonyl (C=O) groups is 3. The molecule has 31 heavy (non-hydrogen) atoms. The molecule has 1 aliphatic heterocycles. The number of hydrogen-bond donors (Lipinski definition) is 1. The van der Waals surface area contributed by atoms with Crippen molar-refractivity contribution in [2.24, 2.45) is 0 Å². The molecule has 0 bridgehead atoms. The highest BCUT2D eigenvalue weighted by atomic mass is 79.9. The van der Waals surface area contributed by atoms with Gasteiger partial charge in [0.1, 0.15) is 12.4 Å². The largest absolute Gasteiger partial charge is 0.493 e. The van der Waals surface area contributed by atoms with E-state index in [2.05, 4.69) is 15.9 Å². The summed E-state index contributed by atoms with van der Waals surface area (Å²) >= 11 is 4.21. The zero-order valence-electron chi connectivity index (χ0n) is 16.4. The molecule has 0 saturated carbocycles. The second kappa shape index (κ2) is 10.4. The lowest BCUT2D eigenvalue weighted by atomic mass is 10.2. The number of nitrogens with zero attached hydrogens (tertiary/aromatic N) is 1. The van der Waals surface area contributed by atoms with Crippen LogP contribution < -0.4 is 14.2 Å². The summed E-state index contributed by atoms with van der Waals surface area (Å²) < 4.78 is 16.6. The number of methoxy groups -OCH3 is 1. The van der Waals surface area contributed by atoms with E-state index in [0.29, 0.717) is 21.5 Å². The van der Waals surface area contributed by atoms with Crippen LogP contribution in [0.1, 0.15) is 5.56 Å². The van der Waals surface area contributed by atoms with Crippen molar-refractivity contribution in [3.8, 4) is 17.2 Å². The van der Waals surface area contributed by atoms with Gasteiger partial charge in [0.05, 0.1) is 18.6 Å². The van der Waals surface area contributed by atoms with E-state index in [0.717, 1.165) is 16.7 Å². The van der Waals surface area contributed by atoms with Gasteiger partial charge in [-0.2, -0.15) is 0 Å². The topological polar surface area (TPSA) is 102 Å². The highest BCUT2D eigenvalue weighted by molar-refractivity contribution is 9.10. The molecule has 1 N–H and O–H groups in total. The van der Waals surface area contributed by atoms with Crippen molar-refractivity contribution in [1.29, 1.82) is 0 Å². The first-order chi connectivity index (χ1) is 14.9. The number of imide groups is 1. The highest BCUT2D eigenvalue weighted by Gasteiger charge is 2.35. The van der Waals surface area contributed by atoms with E-state index in [9.17, 15) is 14.4 Å². The molecule has 2 aromatic rings. The van der Waals surface area contributed by atoms with Crippen molar-refractivity contribution < 1.29 is 33.7 Å². The lowest BCUT2D eigenvalue weighted by Crippen LogP contribution is -2.32. The number of ether oxygens (including phenoxy) is 3. The minimum Gasteiger partial charge on any atom is -0.493 e. The predicted octanol–water partition coefficient (Wildman–Crippen LogP) is 4.04. The first kappa shape index (κ1) is 22.7. The quantitative estimate of drug-likeness (QED) is 0.507. The molecular formula is C21H18BrNO7S. The first-order valence-corrected chi connectivity index (χ1v) is 10.7. The molecule has 0 unspecified atom stereocenters. The Kier molecular flexibility index (Phi) is 7.59. The van der Waals surface area contributed by atoms with E-state index >= 15 is 0 Å². The minimum atomic E-state index is -1.12. The normalized spacial score (nSPS) is 14.8. The summed E-state index contributed by atoms with van der Waals surface area (Å²) in [7, 11) is 1.42. The molecule has 2 aromatic carbocycles. The van der Waals surface area contributed by atoms with Gasteiger partial charge < -0.3 is 19.3 Å². The Morgan fingerprint density at radius 3 is 2.58 bits per heavy atom. The maximum atomic E-state index is 12.7. The van der Waals surface area contributed by atoms with Crippen LogP contribution in [-0.4, -0.2) is 54.0 Å². The van der Waals surface area contributed by atoms with E-state index in [1.54, 1.807) is 30.3 Å². The van der Waals surface area contributed by atoms with E-state index in [-0.39, 0.29) is 29.0 Å². The average Bonchev–Trinajstić information content (AvgIpc) is 3.01. The van der Waals surface area contributed by atoms with Gasteiger partial charge in [-0.15, -0.1) is 0 Å². The van der Waals surface area contributed by atoms with Gasteiger partial charge in [0.25, 0.3) is 11.1 Å². The SMILES string of the molecule is COc1cc(/C=C2\SC(=O)N(CCOc3ccccc3)C2=O)c(Br)cc1OCC(=O)O. The Hall–Kier alpha value is -2.98. The van der Waals surface area contributed by atoms with Crippen molar-refractivity contribution >= 4 is 50.9 Å². The van der Waals surface area contributed by atoms with Crippen LogP contribution in [0.2, 0.25) is 0 Å². The number of para-hydroxylation sites is 1. The minimum absolute atomic E-state index is 0.128. The smallest absolute Gasteiger partial charge is 0.341 e. The predicted molar refractivity (Wildman–Crippen MR) is 118 cm³/mol. The van der Waals surface area contributed by atoms with Crippen molar-refractivity contribution in [1.82, 2.24) is 4.90 Å². The second-order valence-electron chi connectivity index (χ2n) is 6.20. The summed E-state index contributed by atoms with van der Waals surface area (Å²) in [4.78, 5) is 37.1. The summed E-state index contributed by atoms with van der Waals surface area (Å²) in [6.45, 7) is -0.210. The number of benzene rings is 2. The average molecular weight is 508 g/mol. The Bertz CT molecular complexity index is 1030. The Morgan fingerprint density at radius 2 is 1.90 bits per heavy atom. The lowest BCUT2D eigenvalue weighted by Gasteiger charge is -2.13. The lowest BCUT2D eigenvalue weighted by molar-refractivity contribution is -0.139. The number of carboxylic acids is 1. The summed E-state index contributed by atoms with van der Waals surface area (Å²) in [5, 5.41) is 8.41. The summed E-state index contributed by atoms with van der Waals surface area (Å²) in [5.74, 6) is -0.339. The Labute approximate surface area is 190 Å². The Balaban J connectivity index is 1.72. The number of carbonyl (C=O) groups excluding carboxylic acids is 2. The van der Waals surface area contributed by atoms with Gasteiger partial charge in [0.15, 0.2) is 18.1 Å². The third kappa shape index (κ3) is 5.80. The van der Waals surface area contributed by atoms with E-state index in [1.807, 2.05) is 18.2 Å². The number of rotatable bonds is 9. The maximum absolute atomic E-state index is 12.7. The van der Waals surface area contributed by atoms with Crippen LogP contribution in [0, 0.1) is 0 Å². The van der Waals surface area contributed by atoms with E-state index < -0.39 is 18.5 Å². The second-order valence-corrected chi connectivity index (χ2v) is 8.05. The van der Waals surface area contributed by atoms with E-state index in [1.165, 1.54) is 7.11 Å². The van der Waals surface area contributed by atoms with Crippen LogP contribution in [0.5, 0.6) is 17.2 Å². The third-order valence-electron chi connectivity index (χ3n) is 4.12. The molecule has 0 spiro atoms. The van der Waals surface area contributed by atoms with Crippen molar-refractivity contribution in [2.75, 3.05) is 26.9 Å². The van der Waals surface area contributed by atoms with Crippen LogP contribution >= 0.6 is 27.7 Å². The fraction of sp³-hybridized carbons (Fsp3) is 0.190. The van der Waals surface area contributed by atoms with Crippen molar-refractivity contribution in [3.05, 3.63) is 57.4 Å². The number of halogens is 1. The molecule has 1 saturated heterocycles. The summed E-state index contributed by atoms with van der Waals surface area (Å²) in [6, 6.07) is 12.3. The molecule has 1 aliphatic rings. The molecule has 0 aromatic heterocycles. The van der Waals surface area contributed by atoms with Gasteiger partial charge in [0.2, 0.25) is 0 Å². The molecular weight excluding hydrogens is 490 g/mol. The number of amides is 2. The summed E-state index contributed by atoms with van der Waals surface area (Å²) in [5.41, 5.74) is 0.575. The first-order valence-electron chi connectivity index (χ1n) is 9.04. The standard InChI is InChI=1S/C21H18BrNO7S/c1-28-16-9-13(15(22)11-17(16)30-12-19(24)25)10-18-20(26)23(21(27)31-18)7-8-29-14-5-3-2-4-6-14/h2-6,9-11H,7-8,12H2,1H3,(H,24,25)/b18-10-. The van der Waals surface area contributed by atoms with Crippen molar-refractivity contribution in [2.45, 2.75) is 0 Å². The number of carboxylic acid groups (broad SMARTS) is 1. The molecule has 2 amide bonds. The fourth-order valence-corrected chi connectivity index (χ4v) is 3.97. The van der Waals surface area contributed by atoms with Gasteiger partial charge in [-0.05, 0) is 47.7 Å². The van der Waals surface area contributed by atoms with Gasteiger partial charge in [-0.1, -0.05) is 34.1 Å². The van der Waals surface area contributed by atoms with Crippen LogP contribution in [-0.2, 0) is 9.59 Å². The number of aliphatic carboxylic acids is 1. The van der Waals surface area contributed by atoms with Gasteiger partial charge in [-0.25, -0.2) is 4.79 Å². The van der Waals surface area contributed by atoms with Gasteiger partial charge in [0, 0.05) is 4.47 Å². The monoisotopic (exact) mass is 507 g/mol. The van der Waals surface area contributed by atoms with Crippen LogP contribution in [0.3, 0.4) is 0 Å². The third-order valence-corrected chi connectivity index (χ3v) is 5.72. The molecule has 162 valence electrons. The van der Waals surface area contributed by atoms with Crippen LogP contribution in [0.25, 0.3) is 6.08 Å². The highest BCUT2D eigenvalue weighted by Crippen LogP contribution is 2.38. The zero-order valence-corrected chi connectivity index (χ0v) is 18.8. The maximum Gasteiger partial charge on any atom is 0.341 e. The zero-order chi connectivity index (χ0) is 22.4. The molecule has 8 nitrogen and oxygen atoms in total. The van der Waals surface area contributed by atoms with Crippen LogP contribution in [0.15, 0.2) is 51.8 Å². The molecule has 3 rings (SSSR count). The molecule has 1 fully saturated rings. The number of hydrogen-bond acceptors (Lipinski definition) is 7. The van der Waals surface area contributed by atoms with Gasteiger partial charge >= 0.3 is 5.97 Å². The van der Waals surface area contributed by atoms with Crippen LogP contribution in [0.4, 0.5) is 4.79 Å². The molecule has 10 heteroatoms. The fourth-order valence-electron chi connectivity index (χ4n) is 2.68. The van der Waals surface area contributed by atoms with E-state index in [4.69, 9.17) is 19.3 Å². The molecule has 1 heterocycles. The summed E-state index contributed by atoms with van der Waals surface area (Å²) in [6.07, 6.45) is 1.57. The molecule has 0 aliphatic carbocycles. The molecule has 0 radical (unpaired) electrons. The Morgan fingerprint density at radius 1 is 1.16 bits per heavy atom. The number of thioether (sulfide) groups is 1. The van der Waals surface area contributed by atoms with Gasteiger partial charge in [-0.3, -0.25) is 14.5 Å². The molecule has 0 atom stereocenters. The van der Waals surface area contributed by atoms with Crippen molar-refractivity contribution in [3.63, 3.8) is 0 Å².